The highest BCUT2D eigenvalue weighted by atomic mass is 19.1. The molecular formula is C28H34FN7O. The smallest absolute Gasteiger partial charge is 0.253 e. The molecule has 0 spiro atoms. The molecule has 5 rings (SSSR count). The maximum Gasteiger partial charge on any atom is 0.253 e. The summed E-state index contributed by atoms with van der Waals surface area (Å²) in [4.78, 5) is 21.3. The molecule has 37 heavy (non-hydrogen) atoms. The van der Waals surface area contributed by atoms with E-state index in [-0.39, 0.29) is 16.9 Å². The number of nitrogens with zero attached hydrogens (tertiary/aromatic N) is 6. The van der Waals surface area contributed by atoms with Gasteiger partial charge in [-0.05, 0) is 91.9 Å². The van der Waals surface area contributed by atoms with E-state index in [0.717, 1.165) is 47.2 Å². The molecular weight excluding hydrogens is 469 g/mol. The normalized spacial score (nSPS) is 15.9. The standard InChI is InChI=1S/C28H34FN7O/c1-6-28(4,5)36-26(31-32-33-36)25(23-17-20-16-18(2)15-19(3)24(20)30-27(23)37)35-13-11-34(12-14-35)22-9-7-21(29)8-10-22/h7-10,15-17,25H,6,11-14H2,1-5H3,(H,30,37). The third-order valence-corrected chi connectivity index (χ3v) is 7.66. The zero-order valence-corrected chi connectivity index (χ0v) is 22.1. The Morgan fingerprint density at radius 1 is 1.05 bits per heavy atom. The molecule has 0 saturated carbocycles. The number of hydrogen-bond acceptors (Lipinski definition) is 6. The van der Waals surface area contributed by atoms with Gasteiger partial charge in [0.2, 0.25) is 0 Å². The van der Waals surface area contributed by atoms with Crippen molar-refractivity contribution in [1.82, 2.24) is 30.1 Å². The van der Waals surface area contributed by atoms with E-state index in [1.165, 1.54) is 12.1 Å². The number of aromatic nitrogens is 5. The van der Waals surface area contributed by atoms with E-state index in [0.29, 0.717) is 24.5 Å². The van der Waals surface area contributed by atoms with Gasteiger partial charge >= 0.3 is 0 Å². The van der Waals surface area contributed by atoms with Crippen molar-refractivity contribution in [2.45, 2.75) is 52.6 Å². The van der Waals surface area contributed by atoms with E-state index < -0.39 is 6.04 Å². The second-order valence-corrected chi connectivity index (χ2v) is 10.6. The molecule has 1 unspecified atom stereocenters. The van der Waals surface area contributed by atoms with Crippen LogP contribution in [0.5, 0.6) is 0 Å². The number of pyridine rings is 1. The summed E-state index contributed by atoms with van der Waals surface area (Å²) >= 11 is 0. The summed E-state index contributed by atoms with van der Waals surface area (Å²) < 4.78 is 15.3. The Kier molecular flexibility index (Phi) is 6.58. The highest BCUT2D eigenvalue weighted by Crippen LogP contribution is 2.32. The molecule has 0 radical (unpaired) electrons. The average Bonchev–Trinajstić information content (AvgIpc) is 3.36. The summed E-state index contributed by atoms with van der Waals surface area (Å²) in [5.74, 6) is 0.421. The molecule has 1 aliphatic heterocycles. The minimum atomic E-state index is -0.412. The quantitative estimate of drug-likeness (QED) is 0.422. The van der Waals surface area contributed by atoms with Gasteiger partial charge in [-0.15, -0.1) is 5.10 Å². The second-order valence-electron chi connectivity index (χ2n) is 10.6. The van der Waals surface area contributed by atoms with Gasteiger partial charge in [0.1, 0.15) is 11.9 Å². The minimum absolute atomic E-state index is 0.130. The third kappa shape index (κ3) is 4.75. The molecule has 1 saturated heterocycles. The predicted molar refractivity (Wildman–Crippen MR) is 144 cm³/mol. The fourth-order valence-electron chi connectivity index (χ4n) is 5.24. The first kappa shape index (κ1) is 25.1. The summed E-state index contributed by atoms with van der Waals surface area (Å²) in [6.07, 6.45) is 0.836. The second kappa shape index (κ2) is 9.70. The Labute approximate surface area is 216 Å². The van der Waals surface area contributed by atoms with E-state index in [1.54, 1.807) is 0 Å². The summed E-state index contributed by atoms with van der Waals surface area (Å²) in [5.41, 5.74) is 4.22. The number of anilines is 1. The number of H-pyrrole nitrogens is 1. The van der Waals surface area contributed by atoms with Crippen LogP contribution in [0.25, 0.3) is 10.9 Å². The zero-order valence-electron chi connectivity index (χ0n) is 22.1. The Hall–Kier alpha value is -3.59. The lowest BCUT2D eigenvalue weighted by Crippen LogP contribution is -2.49. The summed E-state index contributed by atoms with van der Waals surface area (Å²) in [6.45, 7) is 13.3. The number of fused-ring (bicyclic) bond motifs is 1. The van der Waals surface area contributed by atoms with Crippen LogP contribution in [0.2, 0.25) is 0 Å². The lowest BCUT2D eigenvalue weighted by atomic mass is 9.98. The van der Waals surface area contributed by atoms with Gasteiger partial charge < -0.3 is 9.88 Å². The molecule has 1 N–H and O–H groups in total. The van der Waals surface area contributed by atoms with Crippen molar-refractivity contribution >= 4 is 16.6 Å². The van der Waals surface area contributed by atoms with Crippen molar-refractivity contribution in [2.75, 3.05) is 31.1 Å². The number of aromatic amines is 1. The fourth-order valence-corrected chi connectivity index (χ4v) is 5.24. The first-order valence-electron chi connectivity index (χ1n) is 12.9. The molecule has 194 valence electrons. The maximum atomic E-state index is 13.6. The van der Waals surface area contributed by atoms with Crippen molar-refractivity contribution < 1.29 is 4.39 Å². The van der Waals surface area contributed by atoms with Gasteiger partial charge in [-0.1, -0.05) is 18.6 Å². The molecule has 1 fully saturated rings. The van der Waals surface area contributed by atoms with Crippen LogP contribution in [0.15, 0.2) is 47.3 Å². The van der Waals surface area contributed by atoms with Crippen molar-refractivity contribution in [1.29, 1.82) is 0 Å². The Morgan fingerprint density at radius 2 is 1.76 bits per heavy atom. The molecule has 1 atom stereocenters. The first-order valence-corrected chi connectivity index (χ1v) is 12.9. The van der Waals surface area contributed by atoms with Crippen LogP contribution >= 0.6 is 0 Å². The largest absolute Gasteiger partial charge is 0.369 e. The third-order valence-electron chi connectivity index (χ3n) is 7.66. The zero-order chi connectivity index (χ0) is 26.3. The summed E-state index contributed by atoms with van der Waals surface area (Å²) in [5, 5.41) is 13.9. The lowest BCUT2D eigenvalue weighted by molar-refractivity contribution is 0.186. The van der Waals surface area contributed by atoms with E-state index in [2.05, 4.69) is 70.1 Å². The van der Waals surface area contributed by atoms with E-state index >= 15 is 0 Å². The predicted octanol–water partition coefficient (Wildman–Crippen LogP) is 4.33. The molecule has 4 aromatic rings. The van der Waals surface area contributed by atoms with Crippen LogP contribution in [0, 0.1) is 19.7 Å². The van der Waals surface area contributed by atoms with Crippen LogP contribution in [0.1, 0.15) is 55.7 Å². The number of nitrogens with one attached hydrogen (secondary N) is 1. The summed E-state index contributed by atoms with van der Waals surface area (Å²) in [7, 11) is 0. The van der Waals surface area contributed by atoms with Gasteiger partial charge in [-0.25, -0.2) is 9.07 Å². The number of rotatable bonds is 6. The number of halogens is 1. The van der Waals surface area contributed by atoms with Crippen molar-refractivity contribution in [3.8, 4) is 0 Å². The molecule has 0 aliphatic carbocycles. The molecule has 3 heterocycles. The van der Waals surface area contributed by atoms with Gasteiger partial charge in [0, 0.05) is 37.4 Å². The number of aryl methyl sites for hydroxylation is 2. The van der Waals surface area contributed by atoms with Gasteiger partial charge in [-0.3, -0.25) is 9.69 Å². The topological polar surface area (TPSA) is 82.9 Å². The Bertz CT molecular complexity index is 1470. The Balaban J connectivity index is 1.58. The number of hydrogen-bond donors (Lipinski definition) is 1. The van der Waals surface area contributed by atoms with Crippen LogP contribution in [0.4, 0.5) is 10.1 Å². The van der Waals surface area contributed by atoms with Crippen LogP contribution in [0.3, 0.4) is 0 Å². The van der Waals surface area contributed by atoms with Gasteiger partial charge in [0.25, 0.3) is 5.56 Å². The highest BCUT2D eigenvalue weighted by Gasteiger charge is 2.35. The SMILES string of the molecule is CCC(C)(C)n1nnnc1C(c1cc2cc(C)cc(C)c2[nH]c1=O)N1CCN(c2ccc(F)cc2)CC1. The molecule has 2 aromatic heterocycles. The van der Waals surface area contributed by atoms with Gasteiger partial charge in [0.15, 0.2) is 5.82 Å². The molecule has 9 heteroatoms. The lowest BCUT2D eigenvalue weighted by Gasteiger charge is -2.40. The molecule has 8 nitrogen and oxygen atoms in total. The number of piperazine rings is 1. The van der Waals surface area contributed by atoms with Crippen molar-refractivity contribution in [2.24, 2.45) is 0 Å². The maximum absolute atomic E-state index is 13.6. The van der Waals surface area contributed by atoms with Crippen LogP contribution < -0.4 is 10.5 Å². The van der Waals surface area contributed by atoms with Gasteiger partial charge in [-0.2, -0.15) is 0 Å². The van der Waals surface area contributed by atoms with E-state index in [4.69, 9.17) is 0 Å². The van der Waals surface area contributed by atoms with Gasteiger partial charge in [0.05, 0.1) is 11.1 Å². The van der Waals surface area contributed by atoms with E-state index in [9.17, 15) is 9.18 Å². The molecule has 2 aromatic carbocycles. The minimum Gasteiger partial charge on any atom is -0.369 e. The molecule has 1 aliphatic rings. The van der Waals surface area contributed by atoms with E-state index in [1.807, 2.05) is 29.8 Å². The first-order chi connectivity index (χ1) is 17.7. The Morgan fingerprint density at radius 3 is 2.43 bits per heavy atom. The molecule has 0 bridgehead atoms. The highest BCUT2D eigenvalue weighted by molar-refractivity contribution is 5.83. The van der Waals surface area contributed by atoms with Crippen LogP contribution in [-0.2, 0) is 5.54 Å². The average molecular weight is 504 g/mol. The fraction of sp³-hybridized carbons (Fsp3) is 0.429. The van der Waals surface area contributed by atoms with Crippen LogP contribution in [-0.4, -0.2) is 56.3 Å². The number of benzene rings is 2. The number of tetrazole rings is 1. The molecule has 0 amide bonds. The van der Waals surface area contributed by atoms with Crippen molar-refractivity contribution in [3.05, 3.63) is 81.2 Å². The summed E-state index contributed by atoms with van der Waals surface area (Å²) in [6, 6.07) is 12.4. The van der Waals surface area contributed by atoms with Crippen molar-refractivity contribution in [3.63, 3.8) is 0 Å². The monoisotopic (exact) mass is 503 g/mol.